The number of aromatic amines is 2. The Balaban J connectivity index is 1.84. The number of aryl methyl sites for hydroxylation is 2. The maximum Gasteiger partial charge on any atom is 0.152 e. The number of benzene rings is 1. The van der Waals surface area contributed by atoms with E-state index in [0.717, 1.165) is 39.8 Å². The first kappa shape index (κ1) is 16.1. The number of carbonyl (C=O) groups is 1. The average molecular weight is 345 g/mol. The van der Waals surface area contributed by atoms with E-state index in [1.165, 1.54) is 0 Å². The Morgan fingerprint density at radius 1 is 1.15 bits per heavy atom. The van der Waals surface area contributed by atoms with Crippen LogP contribution in [0.4, 0.5) is 0 Å². The average Bonchev–Trinajstić information content (AvgIpc) is 3.29. The molecule has 5 nitrogen and oxygen atoms in total. The van der Waals surface area contributed by atoms with Crippen molar-refractivity contribution in [2.24, 2.45) is 4.99 Å². The van der Waals surface area contributed by atoms with Crippen molar-refractivity contribution in [3.05, 3.63) is 76.1 Å². The number of nitrogens with one attached hydrogen (secondary N) is 2. The highest BCUT2D eigenvalue weighted by Gasteiger charge is 2.21. The van der Waals surface area contributed by atoms with Crippen LogP contribution in [-0.4, -0.2) is 29.1 Å². The minimum absolute atomic E-state index is 0.610. The third kappa shape index (κ3) is 2.58. The first-order chi connectivity index (χ1) is 12.6. The lowest BCUT2D eigenvalue weighted by molar-refractivity contribution is 0.112. The summed E-state index contributed by atoms with van der Waals surface area (Å²) in [6.45, 7) is 4.07. The van der Waals surface area contributed by atoms with Crippen LogP contribution in [0.5, 0.6) is 0 Å². The molecule has 5 heteroatoms. The van der Waals surface area contributed by atoms with Crippen molar-refractivity contribution in [3.63, 3.8) is 0 Å². The van der Waals surface area contributed by atoms with Crippen molar-refractivity contribution >= 4 is 29.0 Å². The Bertz CT molecular complexity index is 1110. The van der Waals surface area contributed by atoms with Gasteiger partial charge in [-0.3, -0.25) is 4.79 Å². The molecule has 0 saturated heterocycles. The number of H-pyrrole nitrogens is 2. The minimum Gasteiger partial charge on any atom is -0.494 e. The standard InChI is InChI=1S/C21H19N3O2/c1-12-8-13(2)22-17(12)9-18-20(26-3)10-19(23-18)21-15(11-25)14-6-4-5-7-16(14)24-21/h4-11,22,24H,1-3H3. The quantitative estimate of drug-likeness (QED) is 0.692. The monoisotopic (exact) mass is 345 g/mol. The second kappa shape index (κ2) is 6.19. The van der Waals surface area contributed by atoms with Crippen LogP contribution >= 0.6 is 0 Å². The molecule has 0 bridgehead atoms. The fraction of sp³-hybridized carbons (Fsp3) is 0.143. The van der Waals surface area contributed by atoms with Crippen molar-refractivity contribution in [2.75, 3.05) is 7.11 Å². The molecule has 3 heterocycles. The van der Waals surface area contributed by atoms with Gasteiger partial charge in [-0.05, 0) is 37.6 Å². The van der Waals surface area contributed by atoms with Crippen LogP contribution in [0.25, 0.3) is 17.0 Å². The van der Waals surface area contributed by atoms with E-state index in [0.29, 0.717) is 22.7 Å². The second-order valence-corrected chi connectivity index (χ2v) is 6.37. The van der Waals surface area contributed by atoms with Gasteiger partial charge in [-0.15, -0.1) is 0 Å². The highest BCUT2D eigenvalue weighted by molar-refractivity contribution is 6.18. The molecule has 1 aromatic carbocycles. The summed E-state index contributed by atoms with van der Waals surface area (Å²) < 4.78 is 5.50. The molecule has 0 aliphatic carbocycles. The molecule has 0 spiro atoms. The predicted octanol–water partition coefficient (Wildman–Crippen LogP) is 4.30. The second-order valence-electron chi connectivity index (χ2n) is 6.37. The number of aliphatic imine (C=N–C) groups is 1. The summed E-state index contributed by atoms with van der Waals surface area (Å²) in [6.07, 6.45) is 4.69. The summed E-state index contributed by atoms with van der Waals surface area (Å²) in [5.41, 5.74) is 6.88. The van der Waals surface area contributed by atoms with Gasteiger partial charge in [-0.25, -0.2) is 4.99 Å². The molecular weight excluding hydrogens is 326 g/mol. The molecule has 2 aromatic heterocycles. The Morgan fingerprint density at radius 2 is 1.96 bits per heavy atom. The van der Waals surface area contributed by atoms with E-state index in [-0.39, 0.29) is 0 Å². The molecule has 0 atom stereocenters. The van der Waals surface area contributed by atoms with Crippen molar-refractivity contribution in [1.82, 2.24) is 9.97 Å². The lowest BCUT2D eigenvalue weighted by Crippen LogP contribution is -1.99. The van der Waals surface area contributed by atoms with Crippen LogP contribution in [-0.2, 0) is 4.74 Å². The van der Waals surface area contributed by atoms with Gasteiger partial charge in [-0.1, -0.05) is 18.2 Å². The van der Waals surface area contributed by atoms with Gasteiger partial charge in [0.05, 0.1) is 18.5 Å². The van der Waals surface area contributed by atoms with Gasteiger partial charge in [0.25, 0.3) is 0 Å². The molecule has 0 amide bonds. The molecule has 0 radical (unpaired) electrons. The van der Waals surface area contributed by atoms with Crippen LogP contribution in [0.3, 0.4) is 0 Å². The molecule has 4 rings (SSSR count). The van der Waals surface area contributed by atoms with Crippen molar-refractivity contribution in [2.45, 2.75) is 13.8 Å². The predicted molar refractivity (Wildman–Crippen MR) is 104 cm³/mol. The van der Waals surface area contributed by atoms with Crippen molar-refractivity contribution in [3.8, 4) is 0 Å². The highest BCUT2D eigenvalue weighted by atomic mass is 16.5. The number of nitrogens with zero attached hydrogens (tertiary/aromatic N) is 1. The number of fused-ring (bicyclic) bond motifs is 1. The maximum atomic E-state index is 11.7. The van der Waals surface area contributed by atoms with E-state index in [4.69, 9.17) is 9.73 Å². The Hall–Kier alpha value is -3.34. The number of hydrogen-bond donors (Lipinski definition) is 2. The summed E-state index contributed by atoms with van der Waals surface area (Å²) in [4.78, 5) is 23.0. The molecule has 26 heavy (non-hydrogen) atoms. The Labute approximate surface area is 151 Å². The number of ether oxygens (including phenoxy) is 1. The third-order valence-electron chi connectivity index (χ3n) is 4.57. The molecule has 0 saturated carbocycles. The fourth-order valence-electron chi connectivity index (χ4n) is 3.33. The zero-order chi connectivity index (χ0) is 18.3. The summed E-state index contributed by atoms with van der Waals surface area (Å²) in [7, 11) is 1.62. The van der Waals surface area contributed by atoms with E-state index in [1.807, 2.05) is 50.3 Å². The number of methoxy groups -OCH3 is 1. The number of carbonyl (C=O) groups excluding carboxylic acids is 1. The maximum absolute atomic E-state index is 11.7. The van der Waals surface area contributed by atoms with E-state index in [2.05, 4.69) is 16.0 Å². The number of aromatic nitrogens is 2. The Kier molecular flexibility index (Phi) is 3.84. The number of hydrogen-bond acceptors (Lipinski definition) is 3. The van der Waals surface area contributed by atoms with Crippen LogP contribution in [0.2, 0.25) is 0 Å². The molecule has 0 unspecified atom stereocenters. The van der Waals surface area contributed by atoms with Gasteiger partial charge in [0.15, 0.2) is 6.29 Å². The summed E-state index contributed by atoms with van der Waals surface area (Å²) in [5.74, 6) is 0.669. The fourth-order valence-corrected chi connectivity index (χ4v) is 3.33. The molecule has 2 N–H and O–H groups in total. The SMILES string of the molecule is COC1=CC(c2[nH]c3ccccc3c2C=O)=NC1=Cc1[nH]c(C)cc1C. The summed E-state index contributed by atoms with van der Waals surface area (Å²) >= 11 is 0. The van der Waals surface area contributed by atoms with E-state index < -0.39 is 0 Å². The van der Waals surface area contributed by atoms with E-state index in [9.17, 15) is 4.79 Å². The summed E-state index contributed by atoms with van der Waals surface area (Å²) in [6, 6.07) is 9.82. The van der Waals surface area contributed by atoms with Gasteiger partial charge < -0.3 is 14.7 Å². The number of rotatable bonds is 4. The van der Waals surface area contributed by atoms with Crippen LogP contribution < -0.4 is 0 Å². The first-order valence-corrected chi connectivity index (χ1v) is 8.39. The Morgan fingerprint density at radius 3 is 2.65 bits per heavy atom. The molecule has 0 fully saturated rings. The lowest BCUT2D eigenvalue weighted by atomic mass is 10.1. The van der Waals surface area contributed by atoms with Crippen molar-refractivity contribution in [1.29, 1.82) is 0 Å². The van der Waals surface area contributed by atoms with Crippen molar-refractivity contribution < 1.29 is 9.53 Å². The molecule has 1 aliphatic rings. The topological polar surface area (TPSA) is 70.2 Å². The highest BCUT2D eigenvalue weighted by Crippen LogP contribution is 2.29. The van der Waals surface area contributed by atoms with Crippen LogP contribution in [0, 0.1) is 13.8 Å². The lowest BCUT2D eigenvalue weighted by Gasteiger charge is -2.01. The number of aldehydes is 1. The van der Waals surface area contributed by atoms with Gasteiger partial charge >= 0.3 is 0 Å². The third-order valence-corrected chi connectivity index (χ3v) is 4.57. The zero-order valence-corrected chi connectivity index (χ0v) is 14.9. The largest absolute Gasteiger partial charge is 0.494 e. The molecule has 1 aliphatic heterocycles. The van der Waals surface area contributed by atoms with Crippen LogP contribution in [0.15, 0.2) is 52.9 Å². The smallest absolute Gasteiger partial charge is 0.152 e. The summed E-state index contributed by atoms with van der Waals surface area (Å²) in [5, 5.41) is 0.890. The van der Waals surface area contributed by atoms with Crippen LogP contribution in [0.1, 0.15) is 33.0 Å². The van der Waals surface area contributed by atoms with Gasteiger partial charge in [-0.2, -0.15) is 0 Å². The van der Waals surface area contributed by atoms with E-state index >= 15 is 0 Å². The number of allylic oxidation sites excluding steroid dienone is 1. The van der Waals surface area contributed by atoms with E-state index in [1.54, 1.807) is 7.11 Å². The molecule has 130 valence electrons. The zero-order valence-electron chi connectivity index (χ0n) is 14.9. The molecular formula is C21H19N3O2. The van der Waals surface area contributed by atoms with Gasteiger partial charge in [0, 0.05) is 33.9 Å². The normalized spacial score (nSPS) is 15.4. The van der Waals surface area contributed by atoms with Gasteiger partial charge in [0.2, 0.25) is 0 Å². The molecule has 3 aromatic rings. The number of para-hydroxylation sites is 1. The first-order valence-electron chi connectivity index (χ1n) is 8.39. The van der Waals surface area contributed by atoms with Gasteiger partial charge in [0.1, 0.15) is 11.5 Å². The minimum atomic E-state index is 0.610.